The zero-order valence-electron chi connectivity index (χ0n) is 13.2. The van der Waals surface area contributed by atoms with Gasteiger partial charge in [0.1, 0.15) is 0 Å². The molecule has 1 aliphatic carbocycles. The predicted molar refractivity (Wildman–Crippen MR) is 88.8 cm³/mol. The summed E-state index contributed by atoms with van der Waals surface area (Å²) < 4.78 is 5.20. The monoisotopic (exact) mass is 307 g/mol. The molecule has 0 saturated heterocycles. The fraction of sp³-hybridized carbons (Fsp3) is 0.588. The van der Waals surface area contributed by atoms with E-state index in [4.69, 9.17) is 4.74 Å². The maximum Gasteiger partial charge on any atom is 0.254 e. The van der Waals surface area contributed by atoms with Gasteiger partial charge in [0.25, 0.3) is 5.91 Å². The largest absolute Gasteiger partial charge is 0.380 e. The summed E-state index contributed by atoms with van der Waals surface area (Å²) in [6.45, 7) is 2.68. The first-order valence-corrected chi connectivity index (χ1v) is 8.67. The lowest BCUT2D eigenvalue weighted by Gasteiger charge is -2.25. The number of hydrogen-bond acceptors (Lipinski definition) is 3. The highest BCUT2D eigenvalue weighted by Crippen LogP contribution is 2.32. The van der Waals surface area contributed by atoms with Crippen molar-refractivity contribution in [2.24, 2.45) is 0 Å². The molecule has 0 radical (unpaired) electrons. The lowest BCUT2D eigenvalue weighted by molar-refractivity contribution is 0.0730. The van der Waals surface area contributed by atoms with Crippen molar-refractivity contribution in [3.05, 3.63) is 35.4 Å². The second-order valence-corrected chi connectivity index (χ2v) is 7.13. The summed E-state index contributed by atoms with van der Waals surface area (Å²) >= 11 is 2.02. The third-order valence-electron chi connectivity index (χ3n) is 4.17. The maximum atomic E-state index is 12.8. The van der Waals surface area contributed by atoms with Crippen molar-refractivity contribution >= 4 is 17.7 Å². The van der Waals surface area contributed by atoms with Crippen LogP contribution >= 0.6 is 11.8 Å². The van der Waals surface area contributed by atoms with E-state index in [2.05, 4.69) is 6.92 Å². The average Bonchev–Trinajstić information content (AvgIpc) is 2.96. The number of carbonyl (C=O) groups excluding carboxylic acids is 1. The molecule has 0 unspecified atom stereocenters. The molecular weight excluding hydrogens is 282 g/mol. The van der Waals surface area contributed by atoms with E-state index in [1.807, 2.05) is 48.0 Å². The summed E-state index contributed by atoms with van der Waals surface area (Å²) in [7, 11) is 3.60. The van der Waals surface area contributed by atoms with Crippen molar-refractivity contribution in [2.75, 3.05) is 19.9 Å². The Morgan fingerprint density at radius 3 is 2.86 bits per heavy atom. The molecule has 1 aliphatic rings. The molecule has 21 heavy (non-hydrogen) atoms. The highest BCUT2D eigenvalue weighted by Gasteiger charge is 2.30. The van der Waals surface area contributed by atoms with Crippen LogP contribution in [-0.2, 0) is 11.3 Å². The normalized spacial score (nSPS) is 21.5. The lowest BCUT2D eigenvalue weighted by atomic mass is 10.1. The van der Waals surface area contributed by atoms with Crippen LogP contribution in [0.1, 0.15) is 42.1 Å². The standard InChI is InChI=1S/C17H25NO2S/c1-4-21-15-10-9-14(11-15)18(2)17(19)16-8-6-5-7-13(16)12-20-3/h5-8,14-15H,4,9-12H2,1-3H3/t14-,15+/m1/s1. The van der Waals surface area contributed by atoms with Gasteiger partial charge in [-0.05, 0) is 36.6 Å². The molecule has 4 heteroatoms. The van der Waals surface area contributed by atoms with Crippen LogP contribution < -0.4 is 0 Å². The Labute approximate surface area is 132 Å². The summed E-state index contributed by atoms with van der Waals surface area (Å²) in [5, 5.41) is 0.712. The summed E-state index contributed by atoms with van der Waals surface area (Å²) in [4.78, 5) is 14.7. The van der Waals surface area contributed by atoms with E-state index in [1.165, 1.54) is 6.42 Å². The lowest BCUT2D eigenvalue weighted by Crippen LogP contribution is -2.36. The second-order valence-electron chi connectivity index (χ2n) is 5.55. The van der Waals surface area contributed by atoms with Crippen molar-refractivity contribution in [2.45, 2.75) is 44.1 Å². The second kappa shape index (κ2) is 7.85. The molecule has 116 valence electrons. The molecule has 1 saturated carbocycles. The predicted octanol–water partition coefficient (Wildman–Crippen LogP) is 3.58. The number of carbonyl (C=O) groups is 1. The van der Waals surface area contributed by atoms with Crippen molar-refractivity contribution in [3.8, 4) is 0 Å². The van der Waals surface area contributed by atoms with Crippen LogP contribution in [0.4, 0.5) is 0 Å². The molecule has 0 aromatic heterocycles. The SMILES string of the molecule is CCS[C@H]1CC[C@@H](N(C)C(=O)c2ccccc2COC)C1. The quantitative estimate of drug-likeness (QED) is 0.804. The van der Waals surface area contributed by atoms with Crippen LogP contribution in [0.3, 0.4) is 0 Å². The van der Waals surface area contributed by atoms with Crippen LogP contribution in [0.2, 0.25) is 0 Å². The van der Waals surface area contributed by atoms with Gasteiger partial charge in [0.15, 0.2) is 0 Å². The topological polar surface area (TPSA) is 29.5 Å². The molecular formula is C17H25NO2S. The van der Waals surface area contributed by atoms with E-state index in [9.17, 15) is 4.79 Å². The molecule has 0 N–H and O–H groups in total. The fourth-order valence-electron chi connectivity index (χ4n) is 3.02. The number of rotatable bonds is 6. The number of amides is 1. The van der Waals surface area contributed by atoms with Crippen molar-refractivity contribution in [3.63, 3.8) is 0 Å². The molecule has 0 aliphatic heterocycles. The van der Waals surface area contributed by atoms with Crippen molar-refractivity contribution in [1.29, 1.82) is 0 Å². The molecule has 3 nitrogen and oxygen atoms in total. The van der Waals surface area contributed by atoms with Crippen LogP contribution in [0.15, 0.2) is 24.3 Å². The summed E-state index contributed by atoms with van der Waals surface area (Å²) in [6, 6.07) is 8.12. The highest BCUT2D eigenvalue weighted by atomic mass is 32.2. The first-order valence-electron chi connectivity index (χ1n) is 7.63. The fourth-order valence-corrected chi connectivity index (χ4v) is 4.15. The highest BCUT2D eigenvalue weighted by molar-refractivity contribution is 7.99. The number of nitrogens with zero attached hydrogens (tertiary/aromatic N) is 1. The first kappa shape index (κ1) is 16.4. The molecule has 0 spiro atoms. The Morgan fingerprint density at radius 2 is 2.14 bits per heavy atom. The Hall–Kier alpha value is -1.00. The Balaban J connectivity index is 2.06. The van der Waals surface area contributed by atoms with E-state index < -0.39 is 0 Å². The number of hydrogen-bond donors (Lipinski definition) is 0. The number of benzene rings is 1. The van der Waals surface area contributed by atoms with Gasteiger partial charge >= 0.3 is 0 Å². The van der Waals surface area contributed by atoms with E-state index in [-0.39, 0.29) is 5.91 Å². The zero-order valence-corrected chi connectivity index (χ0v) is 14.0. The van der Waals surface area contributed by atoms with Crippen LogP contribution in [0.25, 0.3) is 0 Å². The van der Waals surface area contributed by atoms with Gasteiger partial charge < -0.3 is 9.64 Å². The van der Waals surface area contributed by atoms with Crippen LogP contribution in [0, 0.1) is 0 Å². The number of methoxy groups -OCH3 is 1. The maximum absolute atomic E-state index is 12.8. The van der Waals surface area contributed by atoms with Gasteiger partial charge in [0, 0.05) is 31.0 Å². The third-order valence-corrected chi connectivity index (χ3v) is 5.41. The third kappa shape index (κ3) is 4.01. The zero-order chi connectivity index (χ0) is 15.2. The summed E-state index contributed by atoms with van der Waals surface area (Å²) in [5.41, 5.74) is 1.74. The number of ether oxygens (including phenoxy) is 1. The first-order chi connectivity index (χ1) is 10.2. The van der Waals surface area contributed by atoms with Gasteiger partial charge in [0.05, 0.1) is 6.61 Å². The Morgan fingerprint density at radius 1 is 1.38 bits per heavy atom. The van der Waals surface area contributed by atoms with Gasteiger partial charge in [-0.25, -0.2) is 0 Å². The number of thioether (sulfide) groups is 1. The molecule has 2 atom stereocenters. The van der Waals surface area contributed by atoms with E-state index in [1.54, 1.807) is 7.11 Å². The molecule has 0 bridgehead atoms. The molecule has 1 amide bonds. The van der Waals surface area contributed by atoms with E-state index >= 15 is 0 Å². The van der Waals surface area contributed by atoms with Gasteiger partial charge in [-0.15, -0.1) is 0 Å². The molecule has 0 heterocycles. The van der Waals surface area contributed by atoms with Crippen LogP contribution in [-0.4, -0.2) is 42.0 Å². The minimum atomic E-state index is 0.120. The summed E-state index contributed by atoms with van der Waals surface area (Å²) in [6.07, 6.45) is 3.46. The van der Waals surface area contributed by atoms with E-state index in [0.717, 1.165) is 29.7 Å². The van der Waals surface area contributed by atoms with Gasteiger partial charge in [-0.2, -0.15) is 11.8 Å². The van der Waals surface area contributed by atoms with Crippen molar-refractivity contribution in [1.82, 2.24) is 4.90 Å². The molecule has 1 aromatic carbocycles. The molecule has 1 fully saturated rings. The van der Waals surface area contributed by atoms with Gasteiger partial charge in [-0.3, -0.25) is 4.79 Å². The minimum absolute atomic E-state index is 0.120. The van der Waals surface area contributed by atoms with Gasteiger partial charge in [-0.1, -0.05) is 25.1 Å². The Kier molecular flexibility index (Phi) is 6.12. The van der Waals surface area contributed by atoms with E-state index in [0.29, 0.717) is 17.9 Å². The van der Waals surface area contributed by atoms with Crippen LogP contribution in [0.5, 0.6) is 0 Å². The summed E-state index contributed by atoms with van der Waals surface area (Å²) in [5.74, 6) is 1.28. The van der Waals surface area contributed by atoms with Crippen molar-refractivity contribution < 1.29 is 9.53 Å². The molecule has 1 aromatic rings. The molecule has 2 rings (SSSR count). The smallest absolute Gasteiger partial charge is 0.254 e. The minimum Gasteiger partial charge on any atom is -0.380 e. The Bertz CT molecular complexity index is 478. The van der Waals surface area contributed by atoms with Gasteiger partial charge in [0.2, 0.25) is 0 Å². The average molecular weight is 307 g/mol.